The fourth-order valence-corrected chi connectivity index (χ4v) is 3.14. The van der Waals surface area contributed by atoms with Crippen LogP contribution in [0.15, 0.2) is 54.1 Å². The van der Waals surface area contributed by atoms with Gasteiger partial charge in [-0.05, 0) is 29.5 Å². The van der Waals surface area contributed by atoms with Gasteiger partial charge in [-0.3, -0.25) is 9.59 Å². The van der Waals surface area contributed by atoms with Crippen molar-refractivity contribution in [2.45, 2.75) is 6.92 Å². The third-order valence-electron chi connectivity index (χ3n) is 3.54. The summed E-state index contributed by atoms with van der Waals surface area (Å²) in [4.78, 5) is 30.3. The summed E-state index contributed by atoms with van der Waals surface area (Å²) in [5, 5.41) is 4.66. The van der Waals surface area contributed by atoms with E-state index in [9.17, 15) is 9.59 Å². The minimum atomic E-state index is -0.270. The number of rotatable bonds is 4. The van der Waals surface area contributed by atoms with Crippen LogP contribution in [-0.2, 0) is 9.59 Å². The molecule has 0 unspecified atom stereocenters. The van der Waals surface area contributed by atoms with E-state index in [2.05, 4.69) is 10.3 Å². The molecule has 1 aliphatic rings. The lowest BCUT2D eigenvalue weighted by Gasteiger charge is -2.28. The van der Waals surface area contributed by atoms with Crippen LogP contribution < -0.4 is 5.32 Å². The van der Waals surface area contributed by atoms with Gasteiger partial charge in [0, 0.05) is 6.20 Å². The van der Waals surface area contributed by atoms with Gasteiger partial charge >= 0.3 is 0 Å². The topological polar surface area (TPSA) is 62.3 Å². The molecule has 5 nitrogen and oxygen atoms in total. The number of aryl methyl sites for hydroxylation is 1. The summed E-state index contributed by atoms with van der Waals surface area (Å²) in [5.41, 5.74) is 2.69. The Balaban J connectivity index is 1.74. The molecule has 1 N–H and O–H groups in total. The highest BCUT2D eigenvalue weighted by atomic mass is 32.2. The van der Waals surface area contributed by atoms with Gasteiger partial charge in [-0.15, -0.1) is 11.8 Å². The molecule has 0 fully saturated rings. The van der Waals surface area contributed by atoms with Gasteiger partial charge in [0.25, 0.3) is 0 Å². The number of hydrogen-bond acceptors (Lipinski definition) is 4. The normalized spacial score (nSPS) is 14.3. The summed E-state index contributed by atoms with van der Waals surface area (Å²) >= 11 is 1.45. The predicted molar refractivity (Wildman–Crippen MR) is 96.2 cm³/mol. The molecule has 0 spiro atoms. The average molecular weight is 339 g/mol. The highest BCUT2D eigenvalue weighted by molar-refractivity contribution is 8.03. The van der Waals surface area contributed by atoms with E-state index in [1.807, 2.05) is 48.7 Å². The second-order valence-corrected chi connectivity index (χ2v) is 6.29. The van der Waals surface area contributed by atoms with E-state index in [0.717, 1.165) is 16.8 Å². The third-order valence-corrected chi connectivity index (χ3v) is 4.35. The standard InChI is InChI=1S/C18H17N3O2S/c1-13-7-8-16(19-9-13)20-17(22)10-21-15(11-24-12-18(21)23)14-5-3-2-4-6-14/h2-9,11H,10,12H2,1H3,(H,19,20,22). The summed E-state index contributed by atoms with van der Waals surface area (Å²) in [6.07, 6.45) is 1.69. The maximum absolute atomic E-state index is 12.3. The highest BCUT2D eigenvalue weighted by Gasteiger charge is 2.25. The lowest BCUT2D eigenvalue weighted by atomic mass is 10.1. The molecule has 0 saturated carbocycles. The second kappa shape index (κ2) is 7.31. The zero-order valence-corrected chi connectivity index (χ0v) is 14.0. The zero-order chi connectivity index (χ0) is 16.9. The number of carbonyl (C=O) groups is 2. The van der Waals surface area contributed by atoms with Crippen molar-refractivity contribution in [3.63, 3.8) is 0 Å². The van der Waals surface area contributed by atoms with Gasteiger partial charge in [0.05, 0.1) is 11.4 Å². The largest absolute Gasteiger partial charge is 0.309 e. The summed E-state index contributed by atoms with van der Waals surface area (Å²) in [7, 11) is 0. The van der Waals surface area contributed by atoms with Crippen molar-refractivity contribution in [3.8, 4) is 0 Å². The maximum atomic E-state index is 12.3. The number of hydrogen-bond donors (Lipinski definition) is 1. The molecule has 2 heterocycles. The van der Waals surface area contributed by atoms with E-state index in [4.69, 9.17) is 0 Å². The maximum Gasteiger partial charge on any atom is 0.245 e. The number of nitrogens with one attached hydrogen (secondary N) is 1. The molecule has 0 aliphatic carbocycles. The van der Waals surface area contributed by atoms with Crippen molar-refractivity contribution in [3.05, 3.63) is 65.2 Å². The van der Waals surface area contributed by atoms with Crippen LogP contribution in [-0.4, -0.2) is 34.0 Å². The van der Waals surface area contributed by atoms with Gasteiger partial charge in [0.1, 0.15) is 12.4 Å². The van der Waals surface area contributed by atoms with E-state index < -0.39 is 0 Å². The average Bonchev–Trinajstić information content (AvgIpc) is 2.59. The van der Waals surface area contributed by atoms with Crippen molar-refractivity contribution < 1.29 is 9.59 Å². The molecule has 2 amide bonds. The first-order chi connectivity index (χ1) is 11.6. The highest BCUT2D eigenvalue weighted by Crippen LogP contribution is 2.27. The van der Waals surface area contributed by atoms with E-state index in [-0.39, 0.29) is 18.4 Å². The van der Waals surface area contributed by atoms with E-state index in [1.165, 1.54) is 16.7 Å². The molecule has 24 heavy (non-hydrogen) atoms. The van der Waals surface area contributed by atoms with Crippen molar-refractivity contribution in [2.75, 3.05) is 17.6 Å². The zero-order valence-electron chi connectivity index (χ0n) is 13.2. The van der Waals surface area contributed by atoms with Gasteiger partial charge in [-0.2, -0.15) is 0 Å². The molecular formula is C18H17N3O2S. The molecule has 1 aromatic carbocycles. The first-order valence-electron chi connectivity index (χ1n) is 7.53. The van der Waals surface area contributed by atoms with Crippen molar-refractivity contribution in [2.24, 2.45) is 0 Å². The molecule has 1 aromatic heterocycles. The van der Waals surface area contributed by atoms with Gasteiger partial charge in [0.2, 0.25) is 11.8 Å². The Bertz CT molecular complexity index is 773. The van der Waals surface area contributed by atoms with Crippen LogP contribution >= 0.6 is 11.8 Å². The summed E-state index contributed by atoms with van der Waals surface area (Å²) in [6.45, 7) is 1.90. The SMILES string of the molecule is Cc1ccc(NC(=O)CN2C(=O)CSC=C2c2ccccc2)nc1. The summed E-state index contributed by atoms with van der Waals surface area (Å²) in [6, 6.07) is 13.2. The lowest BCUT2D eigenvalue weighted by molar-refractivity contribution is -0.129. The minimum Gasteiger partial charge on any atom is -0.309 e. The van der Waals surface area contributed by atoms with Crippen LogP contribution in [0.2, 0.25) is 0 Å². The van der Waals surface area contributed by atoms with Gasteiger partial charge in [-0.1, -0.05) is 36.4 Å². The molecular weight excluding hydrogens is 322 g/mol. The van der Waals surface area contributed by atoms with Gasteiger partial charge in [-0.25, -0.2) is 4.98 Å². The Morgan fingerprint density at radius 2 is 2.04 bits per heavy atom. The molecule has 1 aliphatic heterocycles. The van der Waals surface area contributed by atoms with E-state index >= 15 is 0 Å². The lowest BCUT2D eigenvalue weighted by Crippen LogP contribution is -2.39. The first-order valence-corrected chi connectivity index (χ1v) is 8.58. The van der Waals surface area contributed by atoms with Crippen molar-refractivity contribution in [1.29, 1.82) is 0 Å². The van der Waals surface area contributed by atoms with Crippen LogP contribution in [0, 0.1) is 6.92 Å². The Morgan fingerprint density at radius 3 is 2.75 bits per heavy atom. The molecule has 0 saturated heterocycles. The number of thioether (sulfide) groups is 1. The molecule has 0 bridgehead atoms. The number of aromatic nitrogens is 1. The van der Waals surface area contributed by atoms with Crippen LogP contribution in [0.1, 0.15) is 11.1 Å². The smallest absolute Gasteiger partial charge is 0.245 e. The first kappa shape index (κ1) is 16.3. The number of amides is 2. The van der Waals surface area contributed by atoms with Crippen LogP contribution in [0.4, 0.5) is 5.82 Å². The van der Waals surface area contributed by atoms with Crippen LogP contribution in [0.3, 0.4) is 0 Å². The molecule has 2 aromatic rings. The van der Waals surface area contributed by atoms with Crippen molar-refractivity contribution >= 4 is 35.1 Å². The Hall–Kier alpha value is -2.60. The Morgan fingerprint density at radius 1 is 1.25 bits per heavy atom. The number of carbonyl (C=O) groups excluding carboxylic acids is 2. The number of nitrogens with zero attached hydrogens (tertiary/aromatic N) is 2. The van der Waals surface area contributed by atoms with Crippen molar-refractivity contribution in [1.82, 2.24) is 9.88 Å². The van der Waals surface area contributed by atoms with Crippen LogP contribution in [0.25, 0.3) is 5.70 Å². The Kier molecular flexibility index (Phi) is 4.96. The number of benzene rings is 1. The summed E-state index contributed by atoms with van der Waals surface area (Å²) < 4.78 is 0. The fraction of sp³-hybridized carbons (Fsp3) is 0.167. The number of anilines is 1. The predicted octanol–water partition coefficient (Wildman–Crippen LogP) is 2.90. The minimum absolute atomic E-state index is 0.0321. The molecule has 122 valence electrons. The summed E-state index contributed by atoms with van der Waals surface area (Å²) in [5.74, 6) is 0.475. The van der Waals surface area contributed by atoms with E-state index in [1.54, 1.807) is 12.3 Å². The number of pyridine rings is 1. The molecule has 0 atom stereocenters. The molecule has 0 radical (unpaired) electrons. The third kappa shape index (κ3) is 3.83. The fourth-order valence-electron chi connectivity index (χ4n) is 2.34. The Labute approximate surface area is 144 Å². The van der Waals surface area contributed by atoms with Crippen LogP contribution in [0.5, 0.6) is 0 Å². The monoisotopic (exact) mass is 339 g/mol. The van der Waals surface area contributed by atoms with Gasteiger partial charge < -0.3 is 10.2 Å². The van der Waals surface area contributed by atoms with E-state index in [0.29, 0.717) is 11.6 Å². The molecule has 3 rings (SSSR count). The quantitative estimate of drug-likeness (QED) is 0.930. The van der Waals surface area contributed by atoms with Gasteiger partial charge in [0.15, 0.2) is 0 Å². The molecule has 6 heteroatoms. The second-order valence-electron chi connectivity index (χ2n) is 5.43.